The van der Waals surface area contributed by atoms with Gasteiger partial charge in [-0.3, -0.25) is 9.69 Å². The van der Waals surface area contributed by atoms with E-state index in [1.165, 1.54) is 11.1 Å². The topological polar surface area (TPSA) is 59.6 Å². The number of rotatable bonds is 6. The van der Waals surface area contributed by atoms with E-state index in [0.29, 0.717) is 6.42 Å². The Kier molecular flexibility index (Phi) is 6.65. The Hall–Kier alpha value is -2.67. The van der Waals surface area contributed by atoms with Gasteiger partial charge in [0.25, 0.3) is 0 Å². The van der Waals surface area contributed by atoms with E-state index in [2.05, 4.69) is 83.3 Å². The van der Waals surface area contributed by atoms with E-state index in [-0.39, 0.29) is 11.4 Å². The van der Waals surface area contributed by atoms with E-state index in [0.717, 1.165) is 55.2 Å². The fourth-order valence-corrected chi connectivity index (χ4v) is 4.57. The van der Waals surface area contributed by atoms with Crippen LogP contribution in [0.3, 0.4) is 0 Å². The van der Waals surface area contributed by atoms with Gasteiger partial charge in [0.2, 0.25) is 5.91 Å². The standard InChI is InChI=1S/C26H35N5O/c1-5-24(32)27-22-9-10-23-25(19(22)2)26(3,29-28-23)12-11-20-7-6-8-21(17-20)18-31-15-13-30(4)14-16-31/h6-12,17,28-29H,5,13-16,18H2,1-4H3,(H,27,32)/b12-11+. The minimum absolute atomic E-state index is 0.0291. The van der Waals surface area contributed by atoms with Crippen molar-refractivity contribution in [2.24, 2.45) is 0 Å². The molecule has 1 unspecified atom stereocenters. The molecule has 1 amide bonds. The molecule has 0 spiro atoms. The summed E-state index contributed by atoms with van der Waals surface area (Å²) in [5.74, 6) is 0.0291. The number of hydrogen-bond acceptors (Lipinski definition) is 5. The second-order valence-corrected chi connectivity index (χ2v) is 9.17. The highest BCUT2D eigenvalue weighted by Gasteiger charge is 2.34. The van der Waals surface area contributed by atoms with Gasteiger partial charge in [-0.1, -0.05) is 43.3 Å². The molecule has 32 heavy (non-hydrogen) atoms. The third-order valence-corrected chi connectivity index (χ3v) is 6.60. The summed E-state index contributed by atoms with van der Waals surface area (Å²) in [7, 11) is 2.19. The second-order valence-electron chi connectivity index (χ2n) is 9.17. The van der Waals surface area contributed by atoms with Crippen molar-refractivity contribution in [3.05, 3.63) is 64.7 Å². The number of nitrogens with one attached hydrogen (secondary N) is 3. The zero-order valence-corrected chi connectivity index (χ0v) is 19.7. The summed E-state index contributed by atoms with van der Waals surface area (Å²) >= 11 is 0. The first kappa shape index (κ1) is 22.5. The molecule has 6 heteroatoms. The molecule has 1 fully saturated rings. The van der Waals surface area contributed by atoms with Crippen LogP contribution >= 0.6 is 0 Å². The summed E-state index contributed by atoms with van der Waals surface area (Å²) in [6, 6.07) is 12.8. The second kappa shape index (κ2) is 9.45. The molecule has 0 aromatic heterocycles. The van der Waals surface area contributed by atoms with Crippen molar-refractivity contribution in [1.82, 2.24) is 15.2 Å². The van der Waals surface area contributed by atoms with Crippen LogP contribution in [0.15, 0.2) is 42.5 Å². The molecule has 0 aliphatic carbocycles. The number of hydrazine groups is 1. The third-order valence-electron chi connectivity index (χ3n) is 6.60. The summed E-state index contributed by atoms with van der Waals surface area (Å²) < 4.78 is 0. The number of nitrogens with zero attached hydrogens (tertiary/aromatic N) is 2. The average molecular weight is 434 g/mol. The van der Waals surface area contributed by atoms with E-state index in [4.69, 9.17) is 0 Å². The third kappa shape index (κ3) is 4.88. The Labute approximate surface area is 191 Å². The molecule has 1 atom stereocenters. The number of piperazine rings is 1. The summed E-state index contributed by atoms with van der Waals surface area (Å²) in [5, 5.41) is 3.02. The number of fused-ring (bicyclic) bond motifs is 1. The summed E-state index contributed by atoms with van der Waals surface area (Å²) in [6.07, 6.45) is 4.86. The monoisotopic (exact) mass is 433 g/mol. The molecule has 0 bridgehead atoms. The number of carbonyl (C=O) groups is 1. The van der Waals surface area contributed by atoms with Crippen molar-refractivity contribution in [2.45, 2.75) is 39.3 Å². The fourth-order valence-electron chi connectivity index (χ4n) is 4.57. The van der Waals surface area contributed by atoms with Gasteiger partial charge in [0.15, 0.2) is 0 Å². The van der Waals surface area contributed by atoms with Crippen molar-refractivity contribution in [1.29, 1.82) is 0 Å². The molecule has 0 radical (unpaired) electrons. The Bertz CT molecular complexity index is 1010. The van der Waals surface area contributed by atoms with Gasteiger partial charge in [-0.2, -0.15) is 0 Å². The van der Waals surface area contributed by atoms with Crippen LogP contribution in [0.1, 0.15) is 42.5 Å². The minimum atomic E-state index is -0.375. The summed E-state index contributed by atoms with van der Waals surface area (Å²) in [5.41, 5.74) is 13.1. The van der Waals surface area contributed by atoms with Gasteiger partial charge in [0, 0.05) is 50.4 Å². The maximum atomic E-state index is 11.9. The highest BCUT2D eigenvalue weighted by atomic mass is 16.1. The van der Waals surface area contributed by atoms with Crippen LogP contribution in [0, 0.1) is 6.92 Å². The normalized spacial score (nSPS) is 21.5. The number of carbonyl (C=O) groups excluding carboxylic acids is 1. The molecule has 2 aliphatic heterocycles. The number of likely N-dealkylation sites (N-methyl/N-ethyl adjacent to an activating group) is 1. The van der Waals surface area contributed by atoms with E-state index in [1.807, 2.05) is 19.1 Å². The molecule has 170 valence electrons. The van der Waals surface area contributed by atoms with Crippen molar-refractivity contribution in [3.8, 4) is 0 Å². The van der Waals surface area contributed by atoms with E-state index in [1.54, 1.807) is 0 Å². The Balaban J connectivity index is 1.52. The van der Waals surface area contributed by atoms with Gasteiger partial charge in [0.05, 0.1) is 11.2 Å². The van der Waals surface area contributed by atoms with Gasteiger partial charge >= 0.3 is 0 Å². The van der Waals surface area contributed by atoms with E-state index < -0.39 is 0 Å². The molecular formula is C26H35N5O. The number of anilines is 2. The lowest BCUT2D eigenvalue weighted by molar-refractivity contribution is -0.115. The maximum Gasteiger partial charge on any atom is 0.224 e. The molecule has 0 saturated carbocycles. The Morgan fingerprint density at radius 2 is 1.97 bits per heavy atom. The van der Waals surface area contributed by atoms with Crippen LogP contribution in [0.2, 0.25) is 0 Å². The molecule has 2 heterocycles. The Morgan fingerprint density at radius 1 is 1.19 bits per heavy atom. The first-order valence-corrected chi connectivity index (χ1v) is 11.5. The van der Waals surface area contributed by atoms with Gasteiger partial charge in [-0.05, 0) is 49.7 Å². The van der Waals surface area contributed by atoms with Gasteiger partial charge in [0.1, 0.15) is 0 Å². The van der Waals surface area contributed by atoms with Crippen molar-refractivity contribution in [3.63, 3.8) is 0 Å². The maximum absolute atomic E-state index is 11.9. The highest BCUT2D eigenvalue weighted by Crippen LogP contribution is 2.40. The summed E-state index contributed by atoms with van der Waals surface area (Å²) in [4.78, 5) is 16.8. The van der Waals surface area contributed by atoms with Gasteiger partial charge < -0.3 is 15.6 Å². The number of benzene rings is 2. The highest BCUT2D eigenvalue weighted by molar-refractivity contribution is 5.92. The number of amides is 1. The van der Waals surface area contributed by atoms with Gasteiger partial charge in [-0.15, -0.1) is 0 Å². The van der Waals surface area contributed by atoms with Crippen LogP contribution in [-0.4, -0.2) is 48.9 Å². The molecule has 2 aromatic carbocycles. The van der Waals surface area contributed by atoms with Crippen LogP contribution in [0.4, 0.5) is 11.4 Å². The first-order valence-electron chi connectivity index (χ1n) is 11.5. The predicted molar refractivity (Wildman–Crippen MR) is 132 cm³/mol. The molecular weight excluding hydrogens is 398 g/mol. The fraction of sp³-hybridized carbons (Fsp3) is 0.423. The zero-order valence-electron chi connectivity index (χ0n) is 19.7. The average Bonchev–Trinajstić information content (AvgIpc) is 3.13. The predicted octanol–water partition coefficient (Wildman–Crippen LogP) is 3.95. The van der Waals surface area contributed by atoms with E-state index >= 15 is 0 Å². The molecule has 6 nitrogen and oxygen atoms in total. The summed E-state index contributed by atoms with van der Waals surface area (Å²) in [6.45, 7) is 11.6. The minimum Gasteiger partial charge on any atom is -0.326 e. The molecule has 2 aromatic rings. The SMILES string of the molecule is CCC(=O)Nc1ccc2c(c1C)C(C)(/C=C/c1cccc(CN3CCN(C)CC3)c1)NN2. The van der Waals surface area contributed by atoms with Crippen molar-refractivity contribution < 1.29 is 4.79 Å². The van der Waals surface area contributed by atoms with Crippen LogP contribution in [0.25, 0.3) is 6.08 Å². The quantitative estimate of drug-likeness (QED) is 0.644. The van der Waals surface area contributed by atoms with E-state index in [9.17, 15) is 4.79 Å². The number of hydrogen-bond donors (Lipinski definition) is 3. The molecule has 2 aliphatic rings. The van der Waals surface area contributed by atoms with Crippen LogP contribution in [0.5, 0.6) is 0 Å². The van der Waals surface area contributed by atoms with Crippen molar-refractivity contribution >= 4 is 23.4 Å². The van der Waals surface area contributed by atoms with Crippen LogP contribution < -0.4 is 16.2 Å². The zero-order chi connectivity index (χ0) is 22.7. The lowest BCUT2D eigenvalue weighted by atomic mass is 9.87. The smallest absolute Gasteiger partial charge is 0.224 e. The lowest BCUT2D eigenvalue weighted by Crippen LogP contribution is -2.43. The van der Waals surface area contributed by atoms with Gasteiger partial charge in [-0.25, -0.2) is 5.43 Å². The largest absolute Gasteiger partial charge is 0.326 e. The first-order chi connectivity index (χ1) is 15.4. The molecule has 4 rings (SSSR count). The van der Waals surface area contributed by atoms with Crippen LogP contribution in [-0.2, 0) is 16.9 Å². The Morgan fingerprint density at radius 3 is 2.72 bits per heavy atom. The lowest BCUT2D eigenvalue weighted by Gasteiger charge is -2.32. The molecule has 1 saturated heterocycles. The van der Waals surface area contributed by atoms with Crippen molar-refractivity contribution in [2.75, 3.05) is 44.0 Å². The molecule has 3 N–H and O–H groups in total.